The van der Waals surface area contributed by atoms with Crippen LogP contribution < -0.4 is 9.47 Å². The molecular formula is C16H22ClNO3. The molecule has 0 radical (unpaired) electrons. The largest absolute Gasteiger partial charge is 0.493 e. The van der Waals surface area contributed by atoms with Gasteiger partial charge >= 0.3 is 0 Å². The number of rotatable bonds is 7. The first-order valence-electron chi connectivity index (χ1n) is 7.30. The molecule has 5 heteroatoms. The molecule has 21 heavy (non-hydrogen) atoms. The maximum absolute atomic E-state index is 12.7. The van der Waals surface area contributed by atoms with E-state index in [0.717, 1.165) is 19.3 Å². The van der Waals surface area contributed by atoms with E-state index in [4.69, 9.17) is 21.1 Å². The molecule has 1 aromatic rings. The summed E-state index contributed by atoms with van der Waals surface area (Å²) in [5.41, 5.74) is 0.633. The van der Waals surface area contributed by atoms with E-state index in [9.17, 15) is 4.79 Å². The topological polar surface area (TPSA) is 38.8 Å². The Morgan fingerprint density at radius 3 is 2.52 bits per heavy atom. The van der Waals surface area contributed by atoms with Crippen LogP contribution in [-0.4, -0.2) is 43.5 Å². The minimum absolute atomic E-state index is 0.0470. The summed E-state index contributed by atoms with van der Waals surface area (Å²) >= 11 is 5.77. The van der Waals surface area contributed by atoms with Crippen molar-refractivity contribution >= 4 is 17.5 Å². The zero-order valence-electron chi connectivity index (χ0n) is 12.6. The van der Waals surface area contributed by atoms with Crippen LogP contribution in [0.1, 0.15) is 36.0 Å². The highest BCUT2D eigenvalue weighted by Crippen LogP contribution is 2.30. The van der Waals surface area contributed by atoms with Gasteiger partial charge in [0.1, 0.15) is 0 Å². The van der Waals surface area contributed by atoms with Crippen molar-refractivity contribution in [1.82, 2.24) is 4.90 Å². The summed E-state index contributed by atoms with van der Waals surface area (Å²) in [6.45, 7) is 0.710. The van der Waals surface area contributed by atoms with Crippen LogP contribution in [-0.2, 0) is 0 Å². The number of ether oxygens (including phenoxy) is 2. The molecular weight excluding hydrogens is 290 g/mol. The Morgan fingerprint density at radius 1 is 1.29 bits per heavy atom. The van der Waals surface area contributed by atoms with Gasteiger partial charge in [0, 0.05) is 24.0 Å². The molecule has 1 saturated carbocycles. The van der Waals surface area contributed by atoms with Crippen molar-refractivity contribution in [2.45, 2.75) is 31.7 Å². The van der Waals surface area contributed by atoms with Crippen LogP contribution in [0.15, 0.2) is 18.2 Å². The molecule has 0 bridgehead atoms. The molecule has 0 saturated heterocycles. The first-order chi connectivity index (χ1) is 10.2. The summed E-state index contributed by atoms with van der Waals surface area (Å²) in [5.74, 6) is 1.83. The number of carbonyl (C=O) groups is 1. The standard InChI is InChI=1S/C16H22ClNO3/c1-20-14-8-7-12(11-15(14)21-2)16(19)18(10-4-9-17)13-5-3-6-13/h7-8,11,13H,3-6,9-10H2,1-2H3. The van der Waals surface area contributed by atoms with Crippen molar-refractivity contribution in [2.75, 3.05) is 26.6 Å². The van der Waals surface area contributed by atoms with Crippen molar-refractivity contribution in [3.63, 3.8) is 0 Å². The highest BCUT2D eigenvalue weighted by Gasteiger charge is 2.29. The van der Waals surface area contributed by atoms with Gasteiger partial charge in [0.15, 0.2) is 11.5 Å². The number of carbonyl (C=O) groups excluding carboxylic acids is 1. The van der Waals surface area contributed by atoms with E-state index in [-0.39, 0.29) is 5.91 Å². The molecule has 1 fully saturated rings. The van der Waals surface area contributed by atoms with Gasteiger partial charge in [0.2, 0.25) is 0 Å². The van der Waals surface area contributed by atoms with Gasteiger partial charge in [-0.2, -0.15) is 0 Å². The molecule has 0 atom stereocenters. The SMILES string of the molecule is COc1ccc(C(=O)N(CCCCl)C2CCC2)cc1OC. The zero-order chi connectivity index (χ0) is 15.2. The summed E-state index contributed by atoms with van der Waals surface area (Å²) in [5, 5.41) is 0. The van der Waals surface area contributed by atoms with Crippen LogP contribution in [0.25, 0.3) is 0 Å². The molecule has 0 spiro atoms. The minimum Gasteiger partial charge on any atom is -0.493 e. The van der Waals surface area contributed by atoms with Gasteiger partial charge in [-0.25, -0.2) is 0 Å². The van der Waals surface area contributed by atoms with Crippen molar-refractivity contribution in [3.05, 3.63) is 23.8 Å². The second-order valence-corrected chi connectivity index (χ2v) is 5.57. The molecule has 1 aliphatic carbocycles. The minimum atomic E-state index is 0.0470. The molecule has 2 rings (SSSR count). The quantitative estimate of drug-likeness (QED) is 0.725. The van der Waals surface area contributed by atoms with E-state index in [1.165, 1.54) is 6.42 Å². The molecule has 1 aromatic carbocycles. The van der Waals surface area contributed by atoms with Gasteiger partial charge in [-0.05, 0) is 43.9 Å². The predicted molar refractivity (Wildman–Crippen MR) is 83.6 cm³/mol. The van der Waals surface area contributed by atoms with E-state index in [1.54, 1.807) is 32.4 Å². The highest BCUT2D eigenvalue weighted by molar-refractivity contribution is 6.17. The number of alkyl halides is 1. The van der Waals surface area contributed by atoms with E-state index >= 15 is 0 Å². The van der Waals surface area contributed by atoms with Gasteiger partial charge < -0.3 is 14.4 Å². The number of hydrogen-bond donors (Lipinski definition) is 0. The van der Waals surface area contributed by atoms with Gasteiger partial charge in [-0.3, -0.25) is 4.79 Å². The van der Waals surface area contributed by atoms with Gasteiger partial charge in [-0.15, -0.1) is 11.6 Å². The molecule has 0 aliphatic heterocycles. The average molecular weight is 312 g/mol. The van der Waals surface area contributed by atoms with Crippen LogP contribution in [0.3, 0.4) is 0 Å². The lowest BCUT2D eigenvalue weighted by molar-refractivity contribution is 0.0580. The second kappa shape index (κ2) is 7.55. The van der Waals surface area contributed by atoms with Crippen molar-refractivity contribution in [3.8, 4) is 11.5 Å². The fourth-order valence-electron chi connectivity index (χ4n) is 2.51. The molecule has 0 N–H and O–H groups in total. The molecule has 0 unspecified atom stereocenters. The number of benzene rings is 1. The average Bonchev–Trinajstić information content (AvgIpc) is 2.47. The second-order valence-electron chi connectivity index (χ2n) is 5.20. The summed E-state index contributed by atoms with van der Waals surface area (Å²) < 4.78 is 10.5. The van der Waals surface area contributed by atoms with E-state index in [0.29, 0.717) is 35.5 Å². The molecule has 4 nitrogen and oxygen atoms in total. The van der Waals surface area contributed by atoms with Gasteiger partial charge in [0.05, 0.1) is 14.2 Å². The van der Waals surface area contributed by atoms with Gasteiger partial charge in [-0.1, -0.05) is 0 Å². The van der Waals surface area contributed by atoms with Crippen LogP contribution in [0, 0.1) is 0 Å². The summed E-state index contributed by atoms with van der Waals surface area (Å²) in [4.78, 5) is 14.7. The maximum atomic E-state index is 12.7. The molecule has 0 heterocycles. The van der Waals surface area contributed by atoms with E-state index < -0.39 is 0 Å². The van der Waals surface area contributed by atoms with Gasteiger partial charge in [0.25, 0.3) is 5.91 Å². The Hall–Kier alpha value is -1.42. The van der Waals surface area contributed by atoms with Crippen molar-refractivity contribution in [1.29, 1.82) is 0 Å². The monoisotopic (exact) mass is 311 g/mol. The number of nitrogens with zero attached hydrogens (tertiary/aromatic N) is 1. The van der Waals surface area contributed by atoms with Crippen molar-refractivity contribution in [2.24, 2.45) is 0 Å². The zero-order valence-corrected chi connectivity index (χ0v) is 13.4. The Morgan fingerprint density at radius 2 is 2.00 bits per heavy atom. The maximum Gasteiger partial charge on any atom is 0.254 e. The highest BCUT2D eigenvalue weighted by atomic mass is 35.5. The lowest BCUT2D eigenvalue weighted by Crippen LogP contribution is -2.44. The normalized spacial score (nSPS) is 14.4. The number of halogens is 1. The molecule has 0 aromatic heterocycles. The van der Waals surface area contributed by atoms with Crippen LogP contribution >= 0.6 is 11.6 Å². The lowest BCUT2D eigenvalue weighted by atomic mass is 9.90. The van der Waals surface area contributed by atoms with Crippen molar-refractivity contribution < 1.29 is 14.3 Å². The third kappa shape index (κ3) is 3.62. The molecule has 1 aliphatic rings. The van der Waals surface area contributed by atoms with Crippen LogP contribution in [0.4, 0.5) is 0 Å². The Kier molecular flexibility index (Phi) is 5.74. The van der Waals surface area contributed by atoms with Crippen LogP contribution in [0.5, 0.6) is 11.5 Å². The first kappa shape index (κ1) is 16.0. The number of methoxy groups -OCH3 is 2. The Labute approximate surface area is 131 Å². The third-order valence-corrected chi connectivity index (χ3v) is 4.21. The molecule has 116 valence electrons. The fourth-order valence-corrected chi connectivity index (χ4v) is 2.63. The fraction of sp³-hybridized carbons (Fsp3) is 0.562. The Balaban J connectivity index is 2.19. The van der Waals surface area contributed by atoms with E-state index in [2.05, 4.69) is 0 Å². The predicted octanol–water partition coefficient (Wildman–Crippen LogP) is 3.33. The Bertz CT molecular complexity index is 488. The molecule has 1 amide bonds. The first-order valence-corrected chi connectivity index (χ1v) is 7.83. The number of amides is 1. The van der Waals surface area contributed by atoms with E-state index in [1.807, 2.05) is 4.90 Å². The smallest absolute Gasteiger partial charge is 0.254 e. The summed E-state index contributed by atoms with van der Waals surface area (Å²) in [7, 11) is 3.16. The lowest BCUT2D eigenvalue weighted by Gasteiger charge is -2.37. The third-order valence-electron chi connectivity index (χ3n) is 3.94. The van der Waals surface area contributed by atoms with Crippen LogP contribution in [0.2, 0.25) is 0 Å². The summed E-state index contributed by atoms with van der Waals surface area (Å²) in [6, 6.07) is 5.66. The number of hydrogen-bond acceptors (Lipinski definition) is 3. The summed E-state index contributed by atoms with van der Waals surface area (Å²) in [6.07, 6.45) is 4.18.